The number of nitrogens with one attached hydrogen (secondary N) is 1. The zero-order chi connectivity index (χ0) is 14.7. The van der Waals surface area contributed by atoms with Gasteiger partial charge in [0.15, 0.2) is 0 Å². The largest absolute Gasteiger partial charge is 0.313 e. The Hall–Kier alpha value is -0.610. The molecule has 2 aromatic carbocycles. The van der Waals surface area contributed by atoms with Gasteiger partial charge < -0.3 is 5.32 Å². The highest BCUT2D eigenvalue weighted by atomic mass is 79.9. The molecular formula is C15H13BrCl2FN. The van der Waals surface area contributed by atoms with Crippen LogP contribution in [0.3, 0.4) is 0 Å². The van der Waals surface area contributed by atoms with Gasteiger partial charge in [-0.1, -0.05) is 57.3 Å². The molecule has 1 atom stereocenters. The summed E-state index contributed by atoms with van der Waals surface area (Å²) in [4.78, 5) is 0. The summed E-state index contributed by atoms with van der Waals surface area (Å²) < 4.78 is 15.0. The van der Waals surface area contributed by atoms with E-state index in [1.54, 1.807) is 25.2 Å². The second-order valence-electron chi connectivity index (χ2n) is 4.42. The van der Waals surface area contributed by atoms with Crippen LogP contribution in [0.5, 0.6) is 0 Å². The zero-order valence-electron chi connectivity index (χ0n) is 10.8. The van der Waals surface area contributed by atoms with Crippen LogP contribution in [0.25, 0.3) is 0 Å². The Labute approximate surface area is 136 Å². The second-order valence-corrected chi connectivity index (χ2v) is 6.15. The van der Waals surface area contributed by atoms with Crippen LogP contribution in [0.2, 0.25) is 10.0 Å². The minimum absolute atomic E-state index is 0.129. The maximum absolute atomic E-state index is 14.1. The SMILES string of the molecule is CNC(Cc1ccc(Br)cc1Cl)c1cccc(Cl)c1F. The predicted molar refractivity (Wildman–Crippen MR) is 86.1 cm³/mol. The minimum Gasteiger partial charge on any atom is -0.313 e. The summed E-state index contributed by atoms with van der Waals surface area (Å²) in [6.45, 7) is 0. The van der Waals surface area contributed by atoms with Gasteiger partial charge in [-0.05, 0) is 37.2 Å². The average Bonchev–Trinajstić information content (AvgIpc) is 2.42. The van der Waals surface area contributed by atoms with Gasteiger partial charge in [-0.25, -0.2) is 4.39 Å². The average molecular weight is 377 g/mol. The lowest BCUT2D eigenvalue weighted by atomic mass is 9.98. The van der Waals surface area contributed by atoms with Crippen molar-refractivity contribution < 1.29 is 4.39 Å². The van der Waals surface area contributed by atoms with Gasteiger partial charge in [0.1, 0.15) is 5.82 Å². The monoisotopic (exact) mass is 375 g/mol. The number of hydrogen-bond acceptors (Lipinski definition) is 1. The fourth-order valence-electron chi connectivity index (χ4n) is 2.06. The van der Waals surface area contributed by atoms with E-state index in [4.69, 9.17) is 23.2 Å². The lowest BCUT2D eigenvalue weighted by molar-refractivity contribution is 0.534. The van der Waals surface area contributed by atoms with Gasteiger partial charge in [0.2, 0.25) is 0 Å². The first-order chi connectivity index (χ1) is 9.52. The van der Waals surface area contributed by atoms with Crippen molar-refractivity contribution in [1.82, 2.24) is 5.32 Å². The molecule has 0 saturated carbocycles. The molecule has 5 heteroatoms. The zero-order valence-corrected chi connectivity index (χ0v) is 13.9. The summed E-state index contributed by atoms with van der Waals surface area (Å²) in [6.07, 6.45) is 0.583. The molecular weight excluding hydrogens is 364 g/mol. The molecule has 0 bridgehead atoms. The number of halogens is 4. The fourth-order valence-corrected chi connectivity index (χ4v) is 3.00. The van der Waals surface area contributed by atoms with Gasteiger partial charge in [0.05, 0.1) is 5.02 Å². The highest BCUT2D eigenvalue weighted by Crippen LogP contribution is 2.29. The topological polar surface area (TPSA) is 12.0 Å². The van der Waals surface area contributed by atoms with E-state index in [1.807, 2.05) is 18.2 Å². The van der Waals surface area contributed by atoms with Crippen LogP contribution in [0.15, 0.2) is 40.9 Å². The third-order valence-corrected chi connectivity index (χ3v) is 4.28. The van der Waals surface area contributed by atoms with Crippen LogP contribution in [-0.2, 0) is 6.42 Å². The molecule has 0 aliphatic carbocycles. The summed E-state index contributed by atoms with van der Waals surface area (Å²) in [5, 5.41) is 3.89. The molecule has 20 heavy (non-hydrogen) atoms. The Morgan fingerprint density at radius 3 is 2.60 bits per heavy atom. The first-order valence-corrected chi connectivity index (χ1v) is 7.63. The lowest BCUT2D eigenvalue weighted by Gasteiger charge is -2.18. The van der Waals surface area contributed by atoms with Crippen molar-refractivity contribution in [2.24, 2.45) is 0 Å². The molecule has 2 rings (SSSR count). The quantitative estimate of drug-likeness (QED) is 0.753. The van der Waals surface area contributed by atoms with Gasteiger partial charge in [0, 0.05) is 21.1 Å². The first kappa shape index (κ1) is 15.8. The summed E-state index contributed by atoms with van der Waals surface area (Å²) in [7, 11) is 1.79. The van der Waals surface area contributed by atoms with Crippen molar-refractivity contribution in [2.75, 3.05) is 7.05 Å². The molecule has 106 valence electrons. The van der Waals surface area contributed by atoms with E-state index in [-0.39, 0.29) is 16.9 Å². The van der Waals surface area contributed by atoms with Gasteiger partial charge in [-0.15, -0.1) is 0 Å². The minimum atomic E-state index is -0.387. The second kappa shape index (κ2) is 6.90. The maximum atomic E-state index is 14.1. The van der Waals surface area contributed by atoms with Gasteiger partial charge in [0.25, 0.3) is 0 Å². The van der Waals surface area contributed by atoms with Crippen molar-refractivity contribution in [2.45, 2.75) is 12.5 Å². The van der Waals surface area contributed by atoms with E-state index in [0.717, 1.165) is 10.0 Å². The van der Waals surface area contributed by atoms with Crippen molar-refractivity contribution in [1.29, 1.82) is 0 Å². The molecule has 0 saturated heterocycles. The molecule has 0 spiro atoms. The van der Waals surface area contributed by atoms with Crippen LogP contribution >= 0.6 is 39.1 Å². The number of benzene rings is 2. The number of rotatable bonds is 4. The van der Waals surface area contributed by atoms with E-state index in [1.165, 1.54) is 0 Å². The molecule has 0 aliphatic heterocycles. The Morgan fingerprint density at radius 2 is 1.95 bits per heavy atom. The maximum Gasteiger partial charge on any atom is 0.146 e. The molecule has 0 radical (unpaired) electrons. The normalized spacial score (nSPS) is 12.4. The molecule has 1 N–H and O–H groups in total. The number of likely N-dealkylation sites (N-methyl/N-ethyl adjacent to an activating group) is 1. The van der Waals surface area contributed by atoms with Crippen LogP contribution in [0.4, 0.5) is 4.39 Å². The van der Waals surface area contributed by atoms with Crippen LogP contribution in [0, 0.1) is 5.82 Å². The third kappa shape index (κ3) is 3.53. The molecule has 0 aliphatic rings. The van der Waals surface area contributed by atoms with E-state index in [2.05, 4.69) is 21.2 Å². The molecule has 0 aromatic heterocycles. The summed E-state index contributed by atoms with van der Waals surface area (Å²) in [5.41, 5.74) is 1.49. The van der Waals surface area contributed by atoms with Crippen LogP contribution < -0.4 is 5.32 Å². The summed E-state index contributed by atoms with van der Waals surface area (Å²) in [6, 6.07) is 10.5. The Morgan fingerprint density at radius 1 is 1.20 bits per heavy atom. The van der Waals surface area contributed by atoms with E-state index in [9.17, 15) is 4.39 Å². The van der Waals surface area contributed by atoms with Crippen molar-refractivity contribution >= 4 is 39.1 Å². The van der Waals surface area contributed by atoms with Crippen molar-refractivity contribution in [3.63, 3.8) is 0 Å². The molecule has 0 heterocycles. The Bertz CT molecular complexity index is 619. The summed E-state index contributed by atoms with van der Waals surface area (Å²) in [5.74, 6) is -0.387. The molecule has 0 amide bonds. The Balaban J connectivity index is 2.31. The molecule has 0 fully saturated rings. The van der Waals surface area contributed by atoms with Crippen molar-refractivity contribution in [3.05, 3.63) is 67.9 Å². The number of hydrogen-bond donors (Lipinski definition) is 1. The highest BCUT2D eigenvalue weighted by molar-refractivity contribution is 9.10. The smallest absolute Gasteiger partial charge is 0.146 e. The molecule has 2 aromatic rings. The molecule has 1 unspecified atom stereocenters. The van der Waals surface area contributed by atoms with Gasteiger partial charge in [-0.3, -0.25) is 0 Å². The van der Waals surface area contributed by atoms with Gasteiger partial charge >= 0.3 is 0 Å². The van der Waals surface area contributed by atoms with Crippen molar-refractivity contribution in [3.8, 4) is 0 Å². The van der Waals surface area contributed by atoms with E-state index >= 15 is 0 Å². The molecule has 1 nitrogen and oxygen atoms in total. The summed E-state index contributed by atoms with van der Waals surface area (Å²) >= 11 is 15.4. The highest BCUT2D eigenvalue weighted by Gasteiger charge is 2.17. The lowest BCUT2D eigenvalue weighted by Crippen LogP contribution is -2.20. The van der Waals surface area contributed by atoms with Gasteiger partial charge in [-0.2, -0.15) is 0 Å². The third-order valence-electron chi connectivity index (χ3n) is 3.14. The van der Waals surface area contributed by atoms with E-state index < -0.39 is 0 Å². The standard InChI is InChI=1S/C15H13BrCl2FN/c1-20-14(11-3-2-4-12(17)15(11)19)7-9-5-6-10(16)8-13(9)18/h2-6,8,14,20H,7H2,1H3. The van der Waals surface area contributed by atoms with E-state index in [0.29, 0.717) is 17.0 Å². The van der Waals surface area contributed by atoms with Crippen LogP contribution in [-0.4, -0.2) is 7.05 Å². The predicted octanol–water partition coefficient (Wildman–Crippen LogP) is 5.40. The first-order valence-electron chi connectivity index (χ1n) is 6.08. The Kier molecular flexibility index (Phi) is 5.44. The fraction of sp³-hybridized carbons (Fsp3) is 0.200. The van der Waals surface area contributed by atoms with Crippen LogP contribution in [0.1, 0.15) is 17.2 Å².